The lowest BCUT2D eigenvalue weighted by Gasteiger charge is -2.24. The van der Waals surface area contributed by atoms with Gasteiger partial charge in [-0.2, -0.15) is 0 Å². The van der Waals surface area contributed by atoms with Crippen LogP contribution < -0.4 is 0 Å². The molecule has 72 valence electrons. The molecule has 0 bridgehead atoms. The Morgan fingerprint density at radius 2 is 2.31 bits per heavy atom. The van der Waals surface area contributed by atoms with Crippen molar-refractivity contribution < 1.29 is 9.59 Å². The van der Waals surface area contributed by atoms with E-state index in [-0.39, 0.29) is 17.9 Å². The van der Waals surface area contributed by atoms with Crippen LogP contribution in [0.2, 0.25) is 0 Å². The number of carbonyl (C=O) groups is 2. The molecule has 0 aromatic carbocycles. The van der Waals surface area contributed by atoms with Crippen molar-refractivity contribution in [3.8, 4) is 0 Å². The quantitative estimate of drug-likeness (QED) is 0.603. The number of amides is 2. The first-order valence-corrected chi connectivity index (χ1v) is 4.56. The largest absolute Gasteiger partial charge is 0.276 e. The highest BCUT2D eigenvalue weighted by Gasteiger charge is 2.35. The topological polar surface area (TPSA) is 37.4 Å². The van der Waals surface area contributed by atoms with Gasteiger partial charge in [-0.1, -0.05) is 20.4 Å². The molecule has 0 saturated carbocycles. The van der Waals surface area contributed by atoms with Crippen molar-refractivity contribution in [2.75, 3.05) is 0 Å². The lowest BCUT2D eigenvalue weighted by molar-refractivity contribution is -0.141. The summed E-state index contributed by atoms with van der Waals surface area (Å²) in [6.45, 7) is 7.43. The van der Waals surface area contributed by atoms with Gasteiger partial charge in [-0.3, -0.25) is 14.5 Å². The van der Waals surface area contributed by atoms with Crippen molar-refractivity contribution in [2.45, 2.75) is 32.7 Å². The van der Waals surface area contributed by atoms with Crippen LogP contribution in [0.15, 0.2) is 12.7 Å². The van der Waals surface area contributed by atoms with Gasteiger partial charge in [-0.25, -0.2) is 0 Å². The third-order valence-electron chi connectivity index (χ3n) is 2.44. The van der Waals surface area contributed by atoms with E-state index in [1.54, 1.807) is 0 Å². The first-order valence-electron chi connectivity index (χ1n) is 4.56. The van der Waals surface area contributed by atoms with Crippen molar-refractivity contribution in [2.24, 2.45) is 5.92 Å². The number of likely N-dealkylation sites (tertiary alicyclic amines) is 1. The number of nitrogens with zero attached hydrogens (tertiary/aromatic N) is 1. The molecule has 2 amide bonds. The highest BCUT2D eigenvalue weighted by molar-refractivity contribution is 6.02. The maximum absolute atomic E-state index is 11.3. The van der Waals surface area contributed by atoms with Crippen LogP contribution in [0.3, 0.4) is 0 Å². The van der Waals surface area contributed by atoms with E-state index in [9.17, 15) is 9.59 Å². The molecule has 3 heteroatoms. The Labute approximate surface area is 78.4 Å². The Balaban J connectivity index is 2.82. The zero-order valence-corrected chi connectivity index (χ0v) is 8.12. The second-order valence-corrected chi connectivity index (χ2v) is 3.66. The average molecular weight is 181 g/mol. The van der Waals surface area contributed by atoms with E-state index in [2.05, 4.69) is 6.58 Å². The molecule has 1 saturated heterocycles. The van der Waals surface area contributed by atoms with E-state index >= 15 is 0 Å². The normalized spacial score (nSPS) is 22.5. The number of carbonyl (C=O) groups excluding carboxylic acids is 2. The summed E-state index contributed by atoms with van der Waals surface area (Å²) in [5, 5.41) is 0. The van der Waals surface area contributed by atoms with Gasteiger partial charge in [0.1, 0.15) is 0 Å². The van der Waals surface area contributed by atoms with Gasteiger partial charge in [0.25, 0.3) is 5.91 Å². The minimum atomic E-state index is -0.263. The zero-order valence-electron chi connectivity index (χ0n) is 8.12. The average Bonchev–Trinajstić information content (AvgIpc) is 2.46. The van der Waals surface area contributed by atoms with E-state index in [0.29, 0.717) is 12.3 Å². The summed E-state index contributed by atoms with van der Waals surface area (Å²) < 4.78 is 0. The van der Waals surface area contributed by atoms with E-state index < -0.39 is 0 Å². The van der Waals surface area contributed by atoms with E-state index in [1.165, 1.54) is 11.0 Å². The number of rotatable bonds is 2. The van der Waals surface area contributed by atoms with Crippen LogP contribution in [0.1, 0.15) is 26.7 Å². The van der Waals surface area contributed by atoms with Crippen molar-refractivity contribution in [3.63, 3.8) is 0 Å². The van der Waals surface area contributed by atoms with Crippen LogP contribution in [0.4, 0.5) is 0 Å². The summed E-state index contributed by atoms with van der Waals surface area (Å²) in [5.74, 6) is 0.000139. The van der Waals surface area contributed by atoms with Crippen LogP contribution in [0.5, 0.6) is 0 Å². The minimum absolute atomic E-state index is 0.0661. The Kier molecular flexibility index (Phi) is 2.86. The first-order chi connectivity index (χ1) is 6.07. The molecule has 1 aliphatic rings. The second-order valence-electron chi connectivity index (χ2n) is 3.66. The van der Waals surface area contributed by atoms with E-state index in [1.807, 2.05) is 13.8 Å². The number of imide groups is 1. The molecule has 0 radical (unpaired) electrons. The Morgan fingerprint density at radius 1 is 1.69 bits per heavy atom. The highest BCUT2D eigenvalue weighted by atomic mass is 16.2. The minimum Gasteiger partial charge on any atom is -0.276 e. The fourth-order valence-electron chi connectivity index (χ4n) is 1.72. The molecule has 0 aromatic heterocycles. The molecule has 1 fully saturated rings. The summed E-state index contributed by atoms with van der Waals surface area (Å²) >= 11 is 0. The van der Waals surface area contributed by atoms with Crippen LogP contribution in [-0.2, 0) is 9.59 Å². The Hall–Kier alpha value is -1.12. The first kappa shape index (κ1) is 9.96. The molecule has 0 N–H and O–H groups in total. The lowest BCUT2D eigenvalue weighted by atomic mass is 10.0. The predicted molar refractivity (Wildman–Crippen MR) is 49.9 cm³/mol. The van der Waals surface area contributed by atoms with Gasteiger partial charge in [-0.05, 0) is 18.4 Å². The fraction of sp³-hybridized carbons (Fsp3) is 0.600. The highest BCUT2D eigenvalue weighted by Crippen LogP contribution is 2.24. The molecular formula is C10H15NO2. The Morgan fingerprint density at radius 3 is 2.77 bits per heavy atom. The van der Waals surface area contributed by atoms with Gasteiger partial charge in [-0.15, -0.1) is 0 Å². The second kappa shape index (κ2) is 3.73. The van der Waals surface area contributed by atoms with Gasteiger partial charge >= 0.3 is 0 Å². The third kappa shape index (κ3) is 1.79. The number of hydrogen-bond acceptors (Lipinski definition) is 2. The fourth-order valence-corrected chi connectivity index (χ4v) is 1.72. The summed E-state index contributed by atoms with van der Waals surface area (Å²) in [7, 11) is 0. The number of hydrogen-bond donors (Lipinski definition) is 0. The molecule has 1 heterocycles. The molecule has 13 heavy (non-hydrogen) atoms. The SMILES string of the molecule is C=CC(=O)N1C(=O)CCC1C(C)C. The van der Waals surface area contributed by atoms with Crippen LogP contribution in [0.25, 0.3) is 0 Å². The van der Waals surface area contributed by atoms with Crippen molar-refractivity contribution in [1.82, 2.24) is 4.90 Å². The van der Waals surface area contributed by atoms with Crippen LogP contribution in [0, 0.1) is 5.92 Å². The zero-order chi connectivity index (χ0) is 10.0. The standard InChI is InChI=1S/C10H15NO2/c1-4-9(12)11-8(7(2)3)5-6-10(11)13/h4,7-8H,1,5-6H2,2-3H3. The predicted octanol–water partition coefficient (Wildman–Crippen LogP) is 1.35. The molecule has 1 atom stereocenters. The molecular weight excluding hydrogens is 166 g/mol. The van der Waals surface area contributed by atoms with Crippen molar-refractivity contribution >= 4 is 11.8 Å². The molecule has 1 aliphatic heterocycles. The summed E-state index contributed by atoms with van der Waals surface area (Å²) in [4.78, 5) is 24.0. The molecule has 0 aliphatic carbocycles. The molecule has 1 rings (SSSR count). The van der Waals surface area contributed by atoms with Crippen LogP contribution >= 0.6 is 0 Å². The van der Waals surface area contributed by atoms with Gasteiger partial charge in [0.2, 0.25) is 5.91 Å². The third-order valence-corrected chi connectivity index (χ3v) is 2.44. The maximum Gasteiger partial charge on any atom is 0.252 e. The van der Waals surface area contributed by atoms with E-state index in [0.717, 1.165) is 6.42 Å². The van der Waals surface area contributed by atoms with Gasteiger partial charge in [0.05, 0.1) is 0 Å². The van der Waals surface area contributed by atoms with Gasteiger partial charge in [0, 0.05) is 12.5 Å². The van der Waals surface area contributed by atoms with E-state index in [4.69, 9.17) is 0 Å². The smallest absolute Gasteiger partial charge is 0.252 e. The summed E-state index contributed by atoms with van der Waals surface area (Å²) in [6, 6.07) is 0.0676. The van der Waals surface area contributed by atoms with Crippen LogP contribution in [-0.4, -0.2) is 22.8 Å². The Bertz CT molecular complexity index is 245. The maximum atomic E-state index is 11.3. The molecule has 1 unspecified atom stereocenters. The summed E-state index contributed by atoms with van der Waals surface area (Å²) in [6.07, 6.45) is 2.48. The van der Waals surface area contributed by atoms with Gasteiger partial charge < -0.3 is 0 Å². The van der Waals surface area contributed by atoms with Crippen molar-refractivity contribution in [3.05, 3.63) is 12.7 Å². The monoisotopic (exact) mass is 181 g/mol. The summed E-state index contributed by atoms with van der Waals surface area (Å²) in [5.41, 5.74) is 0. The molecule has 0 aromatic rings. The lowest BCUT2D eigenvalue weighted by Crippen LogP contribution is -2.40. The van der Waals surface area contributed by atoms with Crippen molar-refractivity contribution in [1.29, 1.82) is 0 Å². The molecule has 3 nitrogen and oxygen atoms in total. The van der Waals surface area contributed by atoms with Gasteiger partial charge in [0.15, 0.2) is 0 Å². The molecule has 0 spiro atoms.